The van der Waals surface area contributed by atoms with Crippen molar-refractivity contribution in [2.45, 2.75) is 51.6 Å². The van der Waals surface area contributed by atoms with E-state index in [0.29, 0.717) is 19.6 Å². The van der Waals surface area contributed by atoms with Crippen LogP contribution in [0.3, 0.4) is 0 Å². The Labute approximate surface area is 120 Å². The molecule has 6 heteroatoms. The highest BCUT2D eigenvalue weighted by Crippen LogP contribution is 2.15. The number of carboxylic acids is 1. The van der Waals surface area contributed by atoms with Gasteiger partial charge in [0.25, 0.3) is 0 Å². The molecule has 1 amide bonds. The third-order valence-electron chi connectivity index (χ3n) is 3.53. The van der Waals surface area contributed by atoms with Crippen molar-refractivity contribution in [1.82, 2.24) is 10.6 Å². The lowest BCUT2D eigenvalue weighted by Crippen LogP contribution is -2.49. The summed E-state index contributed by atoms with van der Waals surface area (Å²) < 4.78 is 5.34. The first kappa shape index (κ1) is 16.9. The molecule has 0 aromatic carbocycles. The van der Waals surface area contributed by atoms with E-state index in [1.54, 1.807) is 0 Å². The molecule has 0 aromatic rings. The van der Waals surface area contributed by atoms with E-state index >= 15 is 0 Å². The summed E-state index contributed by atoms with van der Waals surface area (Å²) in [5.41, 5.74) is 0. The van der Waals surface area contributed by atoms with Gasteiger partial charge in [0.15, 0.2) is 0 Å². The Morgan fingerprint density at radius 1 is 1.30 bits per heavy atom. The lowest BCUT2D eigenvalue weighted by Gasteiger charge is -2.21. The standard InChI is InChI=1S/C14H26N2O4/c1-3-5-6-11(14(18)19)16-13(17)10-8-20-9-12(10)15-7-4-2/h10-12,15H,3-9H2,1-2H3,(H,16,17)(H,18,19). The van der Waals surface area contributed by atoms with Crippen LogP contribution in [0.1, 0.15) is 39.5 Å². The molecule has 3 unspecified atom stereocenters. The Hall–Kier alpha value is -1.14. The minimum absolute atomic E-state index is 0.0180. The van der Waals surface area contributed by atoms with Crippen molar-refractivity contribution in [1.29, 1.82) is 0 Å². The molecule has 0 radical (unpaired) electrons. The molecule has 116 valence electrons. The normalized spacial score (nSPS) is 23.5. The van der Waals surface area contributed by atoms with Gasteiger partial charge in [-0.3, -0.25) is 4.79 Å². The number of carbonyl (C=O) groups is 2. The third-order valence-corrected chi connectivity index (χ3v) is 3.53. The van der Waals surface area contributed by atoms with Crippen LogP contribution in [-0.2, 0) is 14.3 Å². The summed E-state index contributed by atoms with van der Waals surface area (Å²) in [6.45, 7) is 5.74. The van der Waals surface area contributed by atoms with Crippen molar-refractivity contribution in [2.75, 3.05) is 19.8 Å². The van der Waals surface area contributed by atoms with Gasteiger partial charge in [-0.2, -0.15) is 0 Å². The third kappa shape index (κ3) is 5.09. The number of nitrogens with one attached hydrogen (secondary N) is 2. The van der Waals surface area contributed by atoms with Gasteiger partial charge >= 0.3 is 5.97 Å². The fraction of sp³-hybridized carbons (Fsp3) is 0.857. The van der Waals surface area contributed by atoms with Crippen LogP contribution in [0.2, 0.25) is 0 Å². The van der Waals surface area contributed by atoms with Gasteiger partial charge < -0.3 is 20.5 Å². The van der Waals surface area contributed by atoms with Crippen LogP contribution in [0.5, 0.6) is 0 Å². The second kappa shape index (κ2) is 8.92. The number of carboxylic acid groups (broad SMARTS) is 1. The summed E-state index contributed by atoms with van der Waals surface area (Å²) in [5, 5.41) is 15.1. The van der Waals surface area contributed by atoms with Gasteiger partial charge in [0, 0.05) is 6.04 Å². The molecule has 1 rings (SSSR count). The van der Waals surface area contributed by atoms with Crippen LogP contribution in [0, 0.1) is 5.92 Å². The average Bonchev–Trinajstić information content (AvgIpc) is 2.89. The summed E-state index contributed by atoms with van der Waals surface area (Å²) in [6, 6.07) is -0.814. The first-order valence-corrected chi connectivity index (χ1v) is 7.44. The van der Waals surface area contributed by atoms with Crippen molar-refractivity contribution in [3.8, 4) is 0 Å². The zero-order valence-corrected chi connectivity index (χ0v) is 12.4. The minimum atomic E-state index is -0.969. The Balaban J connectivity index is 2.51. The van der Waals surface area contributed by atoms with E-state index in [1.165, 1.54) is 0 Å². The van der Waals surface area contributed by atoms with E-state index in [-0.39, 0.29) is 17.9 Å². The first-order chi connectivity index (χ1) is 9.60. The molecule has 1 heterocycles. The van der Waals surface area contributed by atoms with Crippen molar-refractivity contribution in [3.05, 3.63) is 0 Å². The van der Waals surface area contributed by atoms with Gasteiger partial charge in [-0.1, -0.05) is 26.7 Å². The quantitative estimate of drug-likeness (QED) is 0.582. The summed E-state index contributed by atoms with van der Waals surface area (Å²) >= 11 is 0. The molecule has 1 aliphatic rings. The molecule has 20 heavy (non-hydrogen) atoms. The molecular formula is C14H26N2O4. The number of aliphatic carboxylic acids is 1. The molecule has 1 aliphatic heterocycles. The smallest absolute Gasteiger partial charge is 0.326 e. The van der Waals surface area contributed by atoms with E-state index < -0.39 is 12.0 Å². The number of ether oxygens (including phenoxy) is 1. The second-order valence-electron chi connectivity index (χ2n) is 5.25. The molecule has 1 fully saturated rings. The van der Waals surface area contributed by atoms with Crippen LogP contribution in [0.4, 0.5) is 0 Å². The van der Waals surface area contributed by atoms with Crippen molar-refractivity contribution in [2.24, 2.45) is 5.92 Å². The molecule has 0 spiro atoms. The summed E-state index contributed by atoms with van der Waals surface area (Å²) in [6.07, 6.45) is 3.15. The number of hydrogen-bond donors (Lipinski definition) is 3. The highest BCUT2D eigenvalue weighted by Gasteiger charge is 2.35. The van der Waals surface area contributed by atoms with Crippen LogP contribution in [0.15, 0.2) is 0 Å². The topological polar surface area (TPSA) is 87.7 Å². The van der Waals surface area contributed by atoms with Crippen LogP contribution in [0.25, 0.3) is 0 Å². The Morgan fingerprint density at radius 3 is 2.65 bits per heavy atom. The molecule has 0 aliphatic carbocycles. The van der Waals surface area contributed by atoms with Gasteiger partial charge in [-0.05, 0) is 19.4 Å². The highest BCUT2D eigenvalue weighted by atomic mass is 16.5. The van der Waals surface area contributed by atoms with Gasteiger partial charge in [0.2, 0.25) is 5.91 Å². The summed E-state index contributed by atoms with van der Waals surface area (Å²) in [7, 11) is 0. The number of carbonyl (C=O) groups excluding carboxylic acids is 1. The zero-order valence-electron chi connectivity index (χ0n) is 12.4. The summed E-state index contributed by atoms with van der Waals surface area (Å²) in [5.74, 6) is -1.49. The predicted octanol–water partition coefficient (Wildman–Crippen LogP) is 0.761. The highest BCUT2D eigenvalue weighted by molar-refractivity contribution is 5.85. The molecule has 3 N–H and O–H groups in total. The van der Waals surface area contributed by atoms with Crippen molar-refractivity contribution in [3.63, 3.8) is 0 Å². The lowest BCUT2D eigenvalue weighted by molar-refractivity contribution is -0.142. The maximum Gasteiger partial charge on any atom is 0.326 e. The van der Waals surface area contributed by atoms with E-state index in [2.05, 4.69) is 17.6 Å². The monoisotopic (exact) mass is 286 g/mol. The van der Waals surface area contributed by atoms with Gasteiger partial charge in [0.05, 0.1) is 19.1 Å². The number of rotatable bonds is 9. The number of hydrogen-bond acceptors (Lipinski definition) is 4. The Kier molecular flexibility index (Phi) is 7.54. The maximum atomic E-state index is 12.2. The predicted molar refractivity (Wildman–Crippen MR) is 75.5 cm³/mol. The van der Waals surface area contributed by atoms with E-state index in [0.717, 1.165) is 25.8 Å². The Morgan fingerprint density at radius 2 is 2.05 bits per heavy atom. The van der Waals surface area contributed by atoms with Gasteiger partial charge in [-0.15, -0.1) is 0 Å². The van der Waals surface area contributed by atoms with Crippen LogP contribution < -0.4 is 10.6 Å². The zero-order chi connectivity index (χ0) is 15.0. The van der Waals surface area contributed by atoms with Crippen LogP contribution >= 0.6 is 0 Å². The minimum Gasteiger partial charge on any atom is -0.480 e. The van der Waals surface area contributed by atoms with Crippen molar-refractivity contribution < 1.29 is 19.4 Å². The number of amides is 1. The van der Waals surface area contributed by atoms with E-state index in [9.17, 15) is 9.59 Å². The average molecular weight is 286 g/mol. The number of unbranched alkanes of at least 4 members (excludes halogenated alkanes) is 1. The SMILES string of the molecule is CCCCC(NC(=O)C1COCC1NCCC)C(=O)O. The molecule has 0 bridgehead atoms. The Bertz CT molecular complexity index is 322. The second-order valence-corrected chi connectivity index (χ2v) is 5.25. The van der Waals surface area contributed by atoms with E-state index in [4.69, 9.17) is 9.84 Å². The molecule has 6 nitrogen and oxygen atoms in total. The molecular weight excluding hydrogens is 260 g/mol. The van der Waals surface area contributed by atoms with E-state index in [1.807, 2.05) is 6.92 Å². The van der Waals surface area contributed by atoms with Crippen molar-refractivity contribution >= 4 is 11.9 Å². The van der Waals surface area contributed by atoms with Gasteiger partial charge in [-0.25, -0.2) is 4.79 Å². The fourth-order valence-electron chi connectivity index (χ4n) is 2.29. The first-order valence-electron chi connectivity index (χ1n) is 7.44. The fourth-order valence-corrected chi connectivity index (χ4v) is 2.29. The molecule has 0 aromatic heterocycles. The molecule has 1 saturated heterocycles. The van der Waals surface area contributed by atoms with Gasteiger partial charge in [0.1, 0.15) is 6.04 Å². The van der Waals surface area contributed by atoms with Crippen LogP contribution in [-0.4, -0.2) is 48.8 Å². The molecule has 0 saturated carbocycles. The summed E-state index contributed by atoms with van der Waals surface area (Å²) in [4.78, 5) is 23.4. The molecule has 3 atom stereocenters. The lowest BCUT2D eigenvalue weighted by atomic mass is 10.0. The maximum absolute atomic E-state index is 12.2. The largest absolute Gasteiger partial charge is 0.480 e.